The Morgan fingerprint density at radius 2 is 1.71 bits per heavy atom. The predicted octanol–water partition coefficient (Wildman–Crippen LogP) is 8.03. The summed E-state index contributed by atoms with van der Waals surface area (Å²) in [5.74, 6) is 0.0831. The van der Waals surface area contributed by atoms with Crippen molar-refractivity contribution < 1.29 is 34.1 Å². The molecule has 3 unspecified atom stereocenters. The summed E-state index contributed by atoms with van der Waals surface area (Å²) < 4.78 is 11.3. The maximum atomic E-state index is 14.7. The van der Waals surface area contributed by atoms with Crippen molar-refractivity contribution in [2.75, 3.05) is 7.11 Å². The van der Waals surface area contributed by atoms with Gasteiger partial charge in [-0.25, -0.2) is 4.79 Å². The largest absolute Gasteiger partial charge is 0.496 e. The van der Waals surface area contributed by atoms with E-state index in [9.17, 15) is 24.6 Å². The Labute approximate surface area is 286 Å². The van der Waals surface area contributed by atoms with Crippen molar-refractivity contribution in [3.63, 3.8) is 0 Å². The standard InChI is InChI=1S/C41H56O7/c1-24-13-16-37(3)19-20-39(5)28(34(37)25(24)2)22-29(43)35-38(4)17-15-32(41(7,36(45)46)31(38)14-18-40(35,39)6)48-33(44)12-10-26-9-11-30(47-8)27(21-26)23-42/h9-12,21-22,24-25,31-32,34-35,42H,13-20,23H2,1-8H3,(H,45,46)/t24-,25+,31?,32-,34?,35?,37-,38+,39-,40-,41-/m1/s1. The number of hydrogen-bond acceptors (Lipinski definition) is 6. The zero-order chi connectivity index (χ0) is 35.0. The van der Waals surface area contributed by atoms with E-state index in [1.54, 1.807) is 31.2 Å². The van der Waals surface area contributed by atoms with E-state index in [4.69, 9.17) is 9.47 Å². The van der Waals surface area contributed by atoms with Gasteiger partial charge < -0.3 is 19.7 Å². The molecule has 0 aliphatic heterocycles. The molecule has 1 aromatic rings. The molecule has 0 aromatic heterocycles. The summed E-state index contributed by atoms with van der Waals surface area (Å²) in [7, 11) is 1.53. The first kappa shape index (κ1) is 34.9. The maximum absolute atomic E-state index is 14.7. The number of ether oxygens (including phenoxy) is 2. The van der Waals surface area contributed by atoms with Crippen LogP contribution >= 0.6 is 0 Å². The molecule has 0 spiro atoms. The molecule has 11 atom stereocenters. The van der Waals surface area contributed by atoms with E-state index in [0.29, 0.717) is 53.9 Å². The zero-order valence-electron chi connectivity index (χ0n) is 30.2. The van der Waals surface area contributed by atoms with Crippen LogP contribution in [0.2, 0.25) is 0 Å². The minimum atomic E-state index is -1.34. The first-order chi connectivity index (χ1) is 22.5. The van der Waals surface area contributed by atoms with Crippen molar-refractivity contribution >= 4 is 23.8 Å². The fraction of sp³-hybridized carbons (Fsp3) is 0.683. The van der Waals surface area contributed by atoms with Crippen LogP contribution in [0.4, 0.5) is 0 Å². The number of hydrogen-bond donors (Lipinski definition) is 2. The molecule has 5 aliphatic carbocycles. The van der Waals surface area contributed by atoms with E-state index in [0.717, 1.165) is 19.3 Å². The lowest BCUT2D eigenvalue weighted by molar-refractivity contribution is -0.220. The minimum absolute atomic E-state index is 0.125. The van der Waals surface area contributed by atoms with Crippen molar-refractivity contribution in [2.24, 2.45) is 56.7 Å². The lowest BCUT2D eigenvalue weighted by atomic mass is 9.33. The van der Waals surface area contributed by atoms with Gasteiger partial charge in [-0.1, -0.05) is 53.2 Å². The third kappa shape index (κ3) is 4.87. The number of aliphatic hydroxyl groups excluding tert-OH is 1. The van der Waals surface area contributed by atoms with E-state index in [2.05, 4.69) is 41.5 Å². The summed E-state index contributed by atoms with van der Waals surface area (Å²) in [6.07, 6.45) is 11.3. The van der Waals surface area contributed by atoms with Gasteiger partial charge in [0.2, 0.25) is 0 Å². The number of methoxy groups -OCH3 is 1. The molecule has 2 N–H and O–H groups in total. The van der Waals surface area contributed by atoms with Gasteiger partial charge in [0.1, 0.15) is 17.3 Å². The van der Waals surface area contributed by atoms with Crippen molar-refractivity contribution in [1.82, 2.24) is 0 Å². The molecule has 0 amide bonds. The normalized spacial score (nSPS) is 43.7. The SMILES string of the molecule is COc1ccc(C=CC(=O)O[C@@H]2CC[C@@]3(C)C(CC[C@]4(C)C3C(=O)C=C3C5[C@@H](C)[C@H](C)CC[C@]5(C)CC[C@]34C)[C@@]2(C)C(=O)O)cc1CO. The number of allylic oxidation sites excluding steroid dienone is 2. The molecular weight excluding hydrogens is 604 g/mol. The molecule has 0 radical (unpaired) electrons. The fourth-order valence-corrected chi connectivity index (χ4v) is 12.2. The molecule has 7 nitrogen and oxygen atoms in total. The Balaban J connectivity index is 1.30. The van der Waals surface area contributed by atoms with Gasteiger partial charge in [0.15, 0.2) is 5.78 Å². The quantitative estimate of drug-likeness (QED) is 0.235. The predicted molar refractivity (Wildman–Crippen MR) is 185 cm³/mol. The number of carboxylic acids is 1. The molecule has 6 rings (SSSR count). The molecule has 4 fully saturated rings. The Kier molecular flexibility index (Phi) is 8.62. The van der Waals surface area contributed by atoms with E-state index in [1.165, 1.54) is 31.6 Å². The second kappa shape index (κ2) is 11.8. The van der Waals surface area contributed by atoms with Gasteiger partial charge in [-0.05, 0) is 133 Å². The minimum Gasteiger partial charge on any atom is -0.496 e. The lowest BCUT2D eigenvalue weighted by Crippen LogP contribution is -2.68. The number of carbonyl (C=O) groups excluding carboxylic acids is 2. The number of carboxylic acid groups (broad SMARTS) is 1. The number of carbonyl (C=O) groups is 3. The third-order valence-corrected chi connectivity index (χ3v) is 15.3. The summed E-state index contributed by atoms with van der Waals surface area (Å²) in [6, 6.07) is 5.24. The highest BCUT2D eigenvalue weighted by Gasteiger charge is 2.72. The number of aliphatic carboxylic acids is 1. The Morgan fingerprint density at radius 1 is 0.979 bits per heavy atom. The molecule has 0 heterocycles. The van der Waals surface area contributed by atoms with Gasteiger partial charge in [0.25, 0.3) is 0 Å². The first-order valence-electron chi connectivity index (χ1n) is 18.2. The van der Waals surface area contributed by atoms with Crippen LogP contribution in [0.1, 0.15) is 111 Å². The first-order valence-corrected chi connectivity index (χ1v) is 18.2. The lowest BCUT2D eigenvalue weighted by Gasteiger charge is -2.70. The highest BCUT2D eigenvalue weighted by atomic mass is 16.5. The average molecular weight is 661 g/mol. The van der Waals surface area contributed by atoms with E-state index >= 15 is 0 Å². The highest BCUT2D eigenvalue weighted by Crippen LogP contribution is 2.75. The molecular formula is C41H56O7. The second-order valence-electron chi connectivity index (χ2n) is 17.4. The summed E-state index contributed by atoms with van der Waals surface area (Å²) >= 11 is 0. The molecule has 7 heteroatoms. The number of rotatable bonds is 6. The second-order valence-corrected chi connectivity index (χ2v) is 17.4. The topological polar surface area (TPSA) is 110 Å². The summed E-state index contributed by atoms with van der Waals surface area (Å²) in [4.78, 5) is 41.2. The number of fused-ring (bicyclic) bond motifs is 7. The van der Waals surface area contributed by atoms with Crippen LogP contribution in [0.25, 0.3) is 6.08 Å². The molecule has 48 heavy (non-hydrogen) atoms. The van der Waals surface area contributed by atoms with Gasteiger partial charge >= 0.3 is 11.9 Å². The van der Waals surface area contributed by atoms with Crippen LogP contribution in [0.3, 0.4) is 0 Å². The number of benzene rings is 1. The average Bonchev–Trinajstić information content (AvgIpc) is 3.04. The number of esters is 1. The van der Waals surface area contributed by atoms with Crippen molar-refractivity contribution in [3.05, 3.63) is 47.1 Å². The molecule has 262 valence electrons. The van der Waals surface area contributed by atoms with E-state index in [1.807, 2.05) is 6.08 Å². The van der Waals surface area contributed by atoms with Crippen molar-refractivity contribution in [3.8, 4) is 5.75 Å². The maximum Gasteiger partial charge on any atom is 0.331 e. The van der Waals surface area contributed by atoms with Gasteiger partial charge in [-0.15, -0.1) is 0 Å². The highest BCUT2D eigenvalue weighted by molar-refractivity contribution is 5.96. The van der Waals surface area contributed by atoms with Gasteiger partial charge in [0, 0.05) is 17.6 Å². The number of ketones is 1. The smallest absolute Gasteiger partial charge is 0.331 e. The fourth-order valence-electron chi connectivity index (χ4n) is 12.2. The van der Waals surface area contributed by atoms with Crippen LogP contribution in [-0.4, -0.2) is 41.1 Å². The van der Waals surface area contributed by atoms with Crippen LogP contribution < -0.4 is 4.74 Å². The third-order valence-electron chi connectivity index (χ3n) is 15.3. The zero-order valence-corrected chi connectivity index (χ0v) is 30.2. The van der Waals surface area contributed by atoms with E-state index in [-0.39, 0.29) is 40.5 Å². The van der Waals surface area contributed by atoms with Crippen molar-refractivity contribution in [2.45, 2.75) is 113 Å². The summed E-state index contributed by atoms with van der Waals surface area (Å²) in [5, 5.41) is 20.6. The van der Waals surface area contributed by atoms with Crippen molar-refractivity contribution in [1.29, 1.82) is 0 Å². The van der Waals surface area contributed by atoms with E-state index < -0.39 is 28.9 Å². The van der Waals surface area contributed by atoms with Gasteiger partial charge in [0.05, 0.1) is 13.7 Å². The van der Waals surface area contributed by atoms with Crippen LogP contribution in [-0.2, 0) is 25.7 Å². The Morgan fingerprint density at radius 3 is 2.38 bits per heavy atom. The Hall–Kier alpha value is -2.93. The molecule has 4 saturated carbocycles. The van der Waals surface area contributed by atoms with Crippen LogP contribution in [0.15, 0.2) is 35.9 Å². The molecule has 5 aliphatic rings. The summed E-state index contributed by atoms with van der Waals surface area (Å²) in [6.45, 7) is 15.7. The monoisotopic (exact) mass is 660 g/mol. The van der Waals surface area contributed by atoms with Crippen LogP contribution in [0, 0.1) is 56.7 Å². The molecule has 1 aromatic carbocycles. The Bertz CT molecular complexity index is 1560. The van der Waals surface area contributed by atoms with Crippen LogP contribution in [0.5, 0.6) is 5.75 Å². The van der Waals surface area contributed by atoms with Gasteiger partial charge in [-0.2, -0.15) is 0 Å². The summed E-state index contributed by atoms with van der Waals surface area (Å²) in [5.41, 5.74) is 0.591. The molecule has 0 bridgehead atoms. The van der Waals surface area contributed by atoms with Gasteiger partial charge in [-0.3, -0.25) is 9.59 Å². The number of aliphatic hydroxyl groups is 1. The molecule has 0 saturated heterocycles.